The summed E-state index contributed by atoms with van der Waals surface area (Å²) in [5.74, 6) is 7.40. The van der Waals surface area contributed by atoms with Gasteiger partial charge >= 0.3 is 12.2 Å². The second-order valence-corrected chi connectivity index (χ2v) is 14.5. The Kier molecular flexibility index (Phi) is 11.5. The number of aromatic amines is 2. The molecule has 0 radical (unpaired) electrons. The molecule has 4 amide bonds. The lowest BCUT2D eigenvalue weighted by molar-refractivity contribution is -0.136. The van der Waals surface area contributed by atoms with Crippen LogP contribution >= 0.6 is 0 Å². The Morgan fingerprint density at radius 3 is 1.85 bits per heavy atom. The molecule has 2 aromatic heterocycles. The Morgan fingerprint density at radius 1 is 0.759 bits per heavy atom. The Morgan fingerprint density at radius 2 is 1.30 bits per heavy atom. The highest BCUT2D eigenvalue weighted by molar-refractivity contribution is 5.87. The molecular weight excluding hydrogens is 688 g/mol. The minimum Gasteiger partial charge on any atom is -0.453 e. The monoisotopic (exact) mass is 736 g/mol. The highest BCUT2D eigenvalue weighted by Gasteiger charge is 2.39. The van der Waals surface area contributed by atoms with E-state index in [2.05, 4.69) is 37.4 Å². The van der Waals surface area contributed by atoms with Gasteiger partial charge in [0.25, 0.3) is 0 Å². The molecule has 14 nitrogen and oxygen atoms in total. The van der Waals surface area contributed by atoms with E-state index >= 15 is 0 Å². The van der Waals surface area contributed by atoms with E-state index in [1.807, 2.05) is 70.2 Å². The summed E-state index contributed by atoms with van der Waals surface area (Å²) in [6, 6.07) is 11.9. The van der Waals surface area contributed by atoms with Crippen molar-refractivity contribution in [3.05, 3.63) is 71.4 Å². The minimum atomic E-state index is -0.697. The number of benzene rings is 2. The number of methoxy groups -OCH3 is 2. The van der Waals surface area contributed by atoms with Crippen molar-refractivity contribution < 1.29 is 28.7 Å². The normalized spacial score (nSPS) is 18.0. The number of nitrogens with zero attached hydrogens (tertiary/aromatic N) is 4. The molecule has 4 heterocycles. The molecule has 0 spiro atoms. The van der Waals surface area contributed by atoms with Gasteiger partial charge in [-0.2, -0.15) is 0 Å². The molecule has 6 rings (SSSR count). The van der Waals surface area contributed by atoms with Gasteiger partial charge in [-0.1, -0.05) is 51.7 Å². The predicted octanol–water partition coefficient (Wildman–Crippen LogP) is 5.44. The van der Waals surface area contributed by atoms with E-state index in [4.69, 9.17) is 14.5 Å². The molecule has 2 saturated heterocycles. The zero-order valence-corrected chi connectivity index (χ0v) is 31.6. The van der Waals surface area contributed by atoms with E-state index in [0.29, 0.717) is 24.7 Å². The number of imidazole rings is 2. The van der Waals surface area contributed by atoms with Crippen LogP contribution in [0.5, 0.6) is 0 Å². The number of rotatable bonds is 9. The number of alkyl carbamates (subject to hydrolysis) is 2. The SMILES string of the molecule is COC(=O)N[C@H](C(=O)N1CCCC1c1ncc(-c2ccc(C#Cc3ccc4nc([C@@H]5CCCN5C(=O)[C@@H](NC(=O)OC)C(C)C)[nH]c4c3)cc2)[nH]1)C(C)C. The summed E-state index contributed by atoms with van der Waals surface area (Å²) in [5.41, 5.74) is 5.05. The van der Waals surface area contributed by atoms with Crippen molar-refractivity contribution in [3.63, 3.8) is 0 Å². The van der Waals surface area contributed by atoms with Crippen molar-refractivity contribution in [1.29, 1.82) is 0 Å². The number of carbonyl (C=O) groups is 4. The van der Waals surface area contributed by atoms with Crippen LogP contribution in [0.3, 0.4) is 0 Å². The number of carbonyl (C=O) groups excluding carboxylic acids is 4. The van der Waals surface area contributed by atoms with Gasteiger partial charge in [-0.25, -0.2) is 19.6 Å². The number of fused-ring (bicyclic) bond motifs is 1. The van der Waals surface area contributed by atoms with Crippen molar-refractivity contribution in [2.75, 3.05) is 27.3 Å². The highest BCUT2D eigenvalue weighted by Crippen LogP contribution is 2.34. The third kappa shape index (κ3) is 8.20. The highest BCUT2D eigenvalue weighted by atomic mass is 16.5. The first-order valence-corrected chi connectivity index (χ1v) is 18.4. The van der Waals surface area contributed by atoms with Gasteiger partial charge < -0.3 is 39.9 Å². The summed E-state index contributed by atoms with van der Waals surface area (Å²) >= 11 is 0. The molecule has 2 aliphatic heterocycles. The summed E-state index contributed by atoms with van der Waals surface area (Å²) < 4.78 is 9.49. The number of nitrogens with one attached hydrogen (secondary N) is 4. The Balaban J connectivity index is 1.12. The molecule has 0 saturated carbocycles. The third-order valence-corrected chi connectivity index (χ3v) is 10.1. The maximum absolute atomic E-state index is 13.5. The second-order valence-electron chi connectivity index (χ2n) is 14.5. The molecule has 4 N–H and O–H groups in total. The number of hydrogen-bond acceptors (Lipinski definition) is 8. The zero-order valence-electron chi connectivity index (χ0n) is 31.6. The summed E-state index contributed by atoms with van der Waals surface area (Å²) in [7, 11) is 2.57. The van der Waals surface area contributed by atoms with E-state index in [1.165, 1.54) is 14.2 Å². The number of amides is 4. The maximum Gasteiger partial charge on any atom is 0.407 e. The Bertz CT molecular complexity index is 2060. The van der Waals surface area contributed by atoms with E-state index in [0.717, 1.165) is 59.1 Å². The van der Waals surface area contributed by atoms with Crippen molar-refractivity contribution in [2.24, 2.45) is 11.8 Å². The molecular formula is C40H48N8O6. The van der Waals surface area contributed by atoms with Crippen molar-refractivity contribution >= 4 is 35.0 Å². The molecule has 2 aromatic carbocycles. The van der Waals surface area contributed by atoms with Gasteiger partial charge in [0.15, 0.2) is 0 Å². The van der Waals surface area contributed by atoms with Crippen LogP contribution in [0.2, 0.25) is 0 Å². The first-order valence-electron chi connectivity index (χ1n) is 18.4. The molecule has 0 bridgehead atoms. The van der Waals surface area contributed by atoms with E-state index in [1.54, 1.807) is 16.0 Å². The van der Waals surface area contributed by atoms with Gasteiger partial charge in [0, 0.05) is 24.2 Å². The lowest BCUT2D eigenvalue weighted by Crippen LogP contribution is -2.51. The smallest absolute Gasteiger partial charge is 0.407 e. The van der Waals surface area contributed by atoms with Crippen molar-refractivity contribution in [1.82, 2.24) is 40.4 Å². The predicted molar refractivity (Wildman–Crippen MR) is 202 cm³/mol. The van der Waals surface area contributed by atoms with Crippen LogP contribution in [0, 0.1) is 23.7 Å². The van der Waals surface area contributed by atoms with Crippen LogP contribution in [0.4, 0.5) is 9.59 Å². The first-order chi connectivity index (χ1) is 26.0. The largest absolute Gasteiger partial charge is 0.453 e. The number of hydrogen-bond donors (Lipinski definition) is 4. The van der Waals surface area contributed by atoms with E-state index < -0.39 is 24.3 Å². The molecule has 1 unspecified atom stereocenters. The van der Waals surface area contributed by atoms with Gasteiger partial charge in [-0.05, 0) is 73.4 Å². The minimum absolute atomic E-state index is 0.109. The van der Waals surface area contributed by atoms with Gasteiger partial charge in [0.05, 0.1) is 49.2 Å². The molecule has 0 aliphatic carbocycles. The van der Waals surface area contributed by atoms with E-state index in [-0.39, 0.29) is 35.7 Å². The zero-order chi connectivity index (χ0) is 38.5. The van der Waals surface area contributed by atoms with Gasteiger partial charge in [0.2, 0.25) is 11.8 Å². The maximum atomic E-state index is 13.5. The molecule has 2 aliphatic rings. The van der Waals surface area contributed by atoms with Crippen molar-refractivity contribution in [3.8, 4) is 23.1 Å². The second kappa shape index (κ2) is 16.4. The quantitative estimate of drug-likeness (QED) is 0.164. The number of ether oxygens (including phenoxy) is 2. The van der Waals surface area contributed by atoms with Gasteiger partial charge in [-0.15, -0.1) is 0 Å². The van der Waals surface area contributed by atoms with Crippen LogP contribution in [-0.2, 0) is 19.1 Å². The van der Waals surface area contributed by atoms with Gasteiger partial charge in [0.1, 0.15) is 23.7 Å². The van der Waals surface area contributed by atoms with Crippen molar-refractivity contribution in [2.45, 2.75) is 77.5 Å². The average molecular weight is 737 g/mol. The summed E-state index contributed by atoms with van der Waals surface area (Å²) in [6.07, 6.45) is 3.74. The summed E-state index contributed by atoms with van der Waals surface area (Å²) in [5, 5.41) is 5.37. The molecule has 2 fully saturated rings. The fourth-order valence-electron chi connectivity index (χ4n) is 7.18. The molecule has 4 atom stereocenters. The van der Waals surface area contributed by atoms with Crippen LogP contribution in [0.1, 0.15) is 88.2 Å². The Labute approximate surface area is 314 Å². The molecule has 4 aromatic rings. The lowest BCUT2D eigenvalue weighted by Gasteiger charge is -2.30. The van der Waals surface area contributed by atoms with E-state index in [9.17, 15) is 19.2 Å². The summed E-state index contributed by atoms with van der Waals surface area (Å²) in [6.45, 7) is 8.75. The number of H-pyrrole nitrogens is 2. The molecule has 54 heavy (non-hydrogen) atoms. The fraction of sp³-hybridized carbons (Fsp3) is 0.450. The average Bonchev–Trinajstić information content (AvgIpc) is 4.00. The molecule has 14 heteroatoms. The van der Waals surface area contributed by atoms with Crippen LogP contribution < -0.4 is 10.6 Å². The number of aromatic nitrogens is 4. The van der Waals surface area contributed by atoms with Crippen LogP contribution in [-0.4, -0.2) is 93.1 Å². The topological polar surface area (TPSA) is 175 Å². The third-order valence-electron chi connectivity index (χ3n) is 10.1. The lowest BCUT2D eigenvalue weighted by atomic mass is 10.0. The summed E-state index contributed by atoms with van der Waals surface area (Å²) in [4.78, 5) is 70.8. The fourth-order valence-corrected chi connectivity index (χ4v) is 7.18. The van der Waals surface area contributed by atoms with Crippen LogP contribution in [0.25, 0.3) is 22.3 Å². The number of likely N-dealkylation sites (tertiary alicyclic amines) is 2. The molecule has 284 valence electrons. The van der Waals surface area contributed by atoms with Crippen LogP contribution in [0.15, 0.2) is 48.7 Å². The first kappa shape index (κ1) is 37.9. The standard InChI is InChI=1S/C40H48N8O6/c1-23(2)33(45-39(51)53-5)37(49)47-19-7-9-31(47)35-41-22-30(44-35)27-16-13-25(14-17-27)11-12-26-15-18-28-29(21-26)43-36(42-28)32-10-8-20-48(32)38(50)34(24(3)4)46-40(52)54-6/h13-18,21-24,31-34H,7-10,19-20H2,1-6H3,(H,41,44)(H,42,43)(H,45,51)(H,46,52)/t31?,32-,33-,34-/m0/s1. The Hall–Kier alpha value is -5.84. The van der Waals surface area contributed by atoms with Gasteiger partial charge in [-0.3, -0.25) is 9.59 Å².